The van der Waals surface area contributed by atoms with Crippen LogP contribution in [0.4, 0.5) is 0 Å². The van der Waals surface area contributed by atoms with Gasteiger partial charge in [0.25, 0.3) is 0 Å². The van der Waals surface area contributed by atoms with E-state index in [-0.39, 0.29) is 5.50 Å². The zero-order valence-electron chi connectivity index (χ0n) is 8.59. The maximum absolute atomic E-state index is 9.06. The zero-order valence-corrected chi connectivity index (χ0v) is 10.1. The third kappa shape index (κ3) is 1.49. The highest BCUT2D eigenvalue weighted by molar-refractivity contribution is 6.31. The van der Waals surface area contributed by atoms with Crippen molar-refractivity contribution in [3.05, 3.63) is 40.7 Å². The Morgan fingerprint density at radius 1 is 1.35 bits per heavy atom. The Morgan fingerprint density at radius 3 is 2.94 bits per heavy atom. The molecule has 0 amide bonds. The molecule has 0 radical (unpaired) electrons. The predicted molar refractivity (Wildman–Crippen MR) is 68.6 cm³/mol. The summed E-state index contributed by atoms with van der Waals surface area (Å²) in [5.41, 5.74) is 2.76. The van der Waals surface area contributed by atoms with Gasteiger partial charge in [-0.2, -0.15) is 5.26 Å². The van der Waals surface area contributed by atoms with E-state index < -0.39 is 0 Å². The number of H-pyrrole nitrogens is 1. The van der Waals surface area contributed by atoms with Crippen molar-refractivity contribution in [2.45, 2.75) is 5.50 Å². The molecule has 3 nitrogen and oxygen atoms in total. The van der Waals surface area contributed by atoms with Crippen LogP contribution in [0.5, 0.6) is 0 Å². The number of halogens is 2. The maximum Gasteiger partial charge on any atom is 0.129 e. The second-order valence-electron chi connectivity index (χ2n) is 3.80. The number of alkyl halides is 1. The molecule has 2 aromatic rings. The first-order valence-electron chi connectivity index (χ1n) is 5.02. The lowest BCUT2D eigenvalue weighted by Gasteiger charge is -2.16. The molecule has 0 spiro atoms. The summed E-state index contributed by atoms with van der Waals surface area (Å²) in [6, 6.07) is 7.68. The van der Waals surface area contributed by atoms with Gasteiger partial charge in [0.2, 0.25) is 0 Å². The van der Waals surface area contributed by atoms with Gasteiger partial charge < -0.3 is 10.3 Å². The highest BCUT2D eigenvalue weighted by Crippen LogP contribution is 2.37. The molecule has 17 heavy (non-hydrogen) atoms. The lowest BCUT2D eigenvalue weighted by molar-refractivity contribution is 0.822. The fraction of sp³-hybridized carbons (Fsp3) is 0.0833. The number of nitrogens with one attached hydrogen (secondary N) is 2. The Kier molecular flexibility index (Phi) is 2.29. The molecule has 1 aromatic carbocycles. The van der Waals surface area contributed by atoms with E-state index in [0.717, 1.165) is 22.2 Å². The molecule has 1 atom stereocenters. The van der Waals surface area contributed by atoms with E-state index in [4.69, 9.17) is 28.5 Å². The summed E-state index contributed by atoms with van der Waals surface area (Å²) in [7, 11) is 0. The van der Waals surface area contributed by atoms with Crippen LogP contribution in [0.25, 0.3) is 16.5 Å². The Labute approximate surface area is 108 Å². The molecule has 0 bridgehead atoms. The molecule has 2 heterocycles. The number of hydrogen-bond donors (Lipinski definition) is 2. The van der Waals surface area contributed by atoms with Crippen molar-refractivity contribution < 1.29 is 0 Å². The molecule has 5 heteroatoms. The van der Waals surface area contributed by atoms with E-state index in [1.54, 1.807) is 6.20 Å². The first-order valence-corrected chi connectivity index (χ1v) is 5.84. The smallest absolute Gasteiger partial charge is 0.129 e. The first-order chi connectivity index (χ1) is 8.20. The summed E-state index contributed by atoms with van der Waals surface area (Å²) >= 11 is 12.2. The summed E-state index contributed by atoms with van der Waals surface area (Å²) in [6.45, 7) is 0. The molecular formula is C12H7Cl2N3. The number of aromatic nitrogens is 1. The lowest BCUT2D eigenvalue weighted by atomic mass is 10.0. The average molecular weight is 264 g/mol. The molecular weight excluding hydrogens is 257 g/mol. The SMILES string of the molecule is N#CC1=CNC(Cl)c2c1[nH]c1cc(Cl)ccc21. The Morgan fingerprint density at radius 2 is 2.18 bits per heavy atom. The molecule has 3 rings (SSSR count). The van der Waals surface area contributed by atoms with E-state index >= 15 is 0 Å². The van der Waals surface area contributed by atoms with Crippen LogP contribution in [0.15, 0.2) is 24.4 Å². The largest absolute Gasteiger partial charge is 0.370 e. The van der Waals surface area contributed by atoms with Crippen LogP contribution < -0.4 is 5.32 Å². The number of nitriles is 1. The van der Waals surface area contributed by atoms with Gasteiger partial charge in [-0.05, 0) is 12.1 Å². The minimum absolute atomic E-state index is 0.336. The van der Waals surface area contributed by atoms with Gasteiger partial charge in [-0.1, -0.05) is 29.3 Å². The van der Waals surface area contributed by atoms with Crippen molar-refractivity contribution in [3.63, 3.8) is 0 Å². The van der Waals surface area contributed by atoms with Crippen molar-refractivity contribution in [2.24, 2.45) is 0 Å². The summed E-state index contributed by atoms with van der Waals surface area (Å²) in [4.78, 5) is 3.19. The molecule has 1 aliphatic rings. The van der Waals surface area contributed by atoms with Gasteiger partial charge in [-0.25, -0.2) is 0 Å². The number of rotatable bonds is 0. The van der Waals surface area contributed by atoms with Crippen molar-refractivity contribution in [1.82, 2.24) is 10.3 Å². The number of nitrogens with zero attached hydrogens (tertiary/aromatic N) is 1. The Balaban J connectivity index is 2.37. The van der Waals surface area contributed by atoms with Crippen LogP contribution in [0.1, 0.15) is 16.8 Å². The molecule has 2 N–H and O–H groups in total. The average Bonchev–Trinajstić information content (AvgIpc) is 2.68. The van der Waals surface area contributed by atoms with E-state index in [1.165, 1.54) is 0 Å². The Hall–Kier alpha value is -1.63. The van der Waals surface area contributed by atoms with Gasteiger partial charge in [0, 0.05) is 27.7 Å². The molecule has 1 aromatic heterocycles. The van der Waals surface area contributed by atoms with E-state index in [0.29, 0.717) is 10.6 Å². The number of aromatic amines is 1. The van der Waals surface area contributed by atoms with Crippen molar-refractivity contribution in [1.29, 1.82) is 5.26 Å². The molecule has 0 saturated carbocycles. The lowest BCUT2D eigenvalue weighted by Crippen LogP contribution is -2.15. The maximum atomic E-state index is 9.06. The van der Waals surface area contributed by atoms with Gasteiger partial charge in [-0.3, -0.25) is 0 Å². The number of hydrogen-bond acceptors (Lipinski definition) is 2. The van der Waals surface area contributed by atoms with Gasteiger partial charge in [0.15, 0.2) is 0 Å². The number of benzene rings is 1. The predicted octanol–water partition coefficient (Wildman–Crippen LogP) is 3.53. The minimum atomic E-state index is -0.336. The van der Waals surface area contributed by atoms with Crippen LogP contribution >= 0.6 is 23.2 Å². The van der Waals surface area contributed by atoms with Crippen LogP contribution in [-0.4, -0.2) is 4.98 Å². The van der Waals surface area contributed by atoms with E-state index in [1.807, 2.05) is 18.2 Å². The third-order valence-corrected chi connectivity index (χ3v) is 3.40. The molecule has 1 unspecified atom stereocenters. The van der Waals surface area contributed by atoms with Crippen LogP contribution in [0.3, 0.4) is 0 Å². The molecule has 0 aliphatic carbocycles. The fourth-order valence-corrected chi connectivity index (χ4v) is 2.53. The Bertz CT molecular complexity index is 679. The standard InChI is InChI=1S/C12H7Cl2N3/c13-7-1-2-8-9(3-7)17-11-6(4-15)5-16-12(14)10(8)11/h1-3,5,12,16-17H. The van der Waals surface area contributed by atoms with E-state index in [9.17, 15) is 0 Å². The highest BCUT2D eigenvalue weighted by Gasteiger charge is 2.24. The van der Waals surface area contributed by atoms with E-state index in [2.05, 4.69) is 16.4 Å². The van der Waals surface area contributed by atoms with Gasteiger partial charge >= 0.3 is 0 Å². The van der Waals surface area contributed by atoms with Gasteiger partial charge in [0.1, 0.15) is 11.6 Å². The van der Waals surface area contributed by atoms with Gasteiger partial charge in [-0.15, -0.1) is 0 Å². The molecule has 1 aliphatic heterocycles. The monoisotopic (exact) mass is 263 g/mol. The van der Waals surface area contributed by atoms with Crippen LogP contribution in [0, 0.1) is 11.3 Å². The summed E-state index contributed by atoms with van der Waals surface area (Å²) in [5, 5.41) is 13.7. The second-order valence-corrected chi connectivity index (χ2v) is 4.68. The topological polar surface area (TPSA) is 51.6 Å². The fourth-order valence-electron chi connectivity index (χ4n) is 2.07. The van der Waals surface area contributed by atoms with Gasteiger partial charge in [0.05, 0.1) is 11.3 Å². The summed E-state index contributed by atoms with van der Waals surface area (Å²) in [6.07, 6.45) is 1.62. The van der Waals surface area contributed by atoms with Crippen molar-refractivity contribution in [3.8, 4) is 6.07 Å². The molecule has 84 valence electrons. The summed E-state index contributed by atoms with van der Waals surface area (Å²) in [5.74, 6) is 0. The number of fused-ring (bicyclic) bond motifs is 3. The normalized spacial score (nSPS) is 18.2. The third-order valence-electron chi connectivity index (χ3n) is 2.82. The highest BCUT2D eigenvalue weighted by atomic mass is 35.5. The minimum Gasteiger partial charge on any atom is -0.370 e. The second kappa shape index (κ2) is 3.69. The first kappa shape index (κ1) is 10.5. The van der Waals surface area contributed by atoms with Crippen LogP contribution in [0.2, 0.25) is 5.02 Å². The quantitative estimate of drug-likeness (QED) is 0.565. The number of allylic oxidation sites excluding steroid dienone is 1. The molecule has 0 fully saturated rings. The molecule has 0 saturated heterocycles. The van der Waals surface area contributed by atoms with Crippen molar-refractivity contribution >= 4 is 39.7 Å². The van der Waals surface area contributed by atoms with Crippen LogP contribution in [-0.2, 0) is 0 Å². The summed E-state index contributed by atoms with van der Waals surface area (Å²) < 4.78 is 0. The van der Waals surface area contributed by atoms with Crippen molar-refractivity contribution in [2.75, 3.05) is 0 Å². The zero-order chi connectivity index (χ0) is 12.0.